The number of hydrogen-bond acceptors (Lipinski definition) is 4. The standard InChI is InChI=1S/C15H28O4/c1-6-11(2)7-8-13(17)15(5,19)10-9-12(16)14(3,4)18/h6-7,12-13,16-19H,1,8-10H2,2-5H3/b11-7+/t12-,13-,15-/m0/s1. The first-order valence-electron chi connectivity index (χ1n) is 6.60. The third kappa shape index (κ3) is 6.87. The van der Waals surface area contributed by atoms with Gasteiger partial charge in [-0.05, 0) is 47.0 Å². The van der Waals surface area contributed by atoms with Crippen molar-refractivity contribution >= 4 is 0 Å². The van der Waals surface area contributed by atoms with Crippen LogP contribution in [0.1, 0.15) is 47.0 Å². The molecule has 0 spiro atoms. The molecule has 0 amide bonds. The Morgan fingerprint density at radius 2 is 1.68 bits per heavy atom. The SMILES string of the molecule is C=C/C(C)=C/C[C@H](O)[C@@](C)(O)CC[C@H](O)C(C)(C)O. The molecule has 0 saturated carbocycles. The first kappa shape index (κ1) is 18.3. The van der Waals surface area contributed by atoms with Crippen LogP contribution in [0, 0.1) is 0 Å². The number of allylic oxidation sites excluding steroid dienone is 2. The fourth-order valence-electron chi connectivity index (χ4n) is 1.58. The van der Waals surface area contributed by atoms with Gasteiger partial charge in [0.05, 0.1) is 23.4 Å². The van der Waals surface area contributed by atoms with Gasteiger partial charge in [-0.25, -0.2) is 0 Å². The second kappa shape index (κ2) is 7.20. The fraction of sp³-hybridized carbons (Fsp3) is 0.733. The third-order valence-corrected chi connectivity index (χ3v) is 3.44. The molecule has 0 aliphatic rings. The van der Waals surface area contributed by atoms with Gasteiger partial charge < -0.3 is 20.4 Å². The van der Waals surface area contributed by atoms with E-state index in [1.54, 1.807) is 12.2 Å². The predicted molar refractivity (Wildman–Crippen MR) is 76.7 cm³/mol. The number of hydrogen-bond donors (Lipinski definition) is 4. The highest BCUT2D eigenvalue weighted by Gasteiger charge is 2.32. The second-order valence-corrected chi connectivity index (χ2v) is 5.97. The van der Waals surface area contributed by atoms with Gasteiger partial charge in [0.25, 0.3) is 0 Å². The smallest absolute Gasteiger partial charge is 0.0881 e. The first-order chi connectivity index (χ1) is 8.50. The van der Waals surface area contributed by atoms with Gasteiger partial charge >= 0.3 is 0 Å². The van der Waals surface area contributed by atoms with Crippen LogP contribution in [-0.2, 0) is 0 Å². The van der Waals surface area contributed by atoms with Crippen LogP contribution in [0.2, 0.25) is 0 Å². The number of aliphatic hydroxyl groups is 4. The molecule has 0 aromatic carbocycles. The Morgan fingerprint density at radius 3 is 2.11 bits per heavy atom. The highest BCUT2D eigenvalue weighted by molar-refractivity contribution is 5.13. The molecule has 0 saturated heterocycles. The average molecular weight is 272 g/mol. The van der Waals surface area contributed by atoms with Crippen LogP contribution < -0.4 is 0 Å². The van der Waals surface area contributed by atoms with Crippen molar-refractivity contribution in [3.63, 3.8) is 0 Å². The Bertz CT molecular complexity index is 313. The van der Waals surface area contributed by atoms with Crippen molar-refractivity contribution in [1.29, 1.82) is 0 Å². The van der Waals surface area contributed by atoms with E-state index in [4.69, 9.17) is 0 Å². The van der Waals surface area contributed by atoms with E-state index in [-0.39, 0.29) is 12.8 Å². The van der Waals surface area contributed by atoms with Crippen molar-refractivity contribution in [3.05, 3.63) is 24.3 Å². The monoisotopic (exact) mass is 272 g/mol. The highest BCUT2D eigenvalue weighted by Crippen LogP contribution is 2.24. The summed E-state index contributed by atoms with van der Waals surface area (Å²) in [5.41, 5.74) is -1.57. The van der Waals surface area contributed by atoms with Crippen molar-refractivity contribution < 1.29 is 20.4 Å². The lowest BCUT2D eigenvalue weighted by atomic mass is 9.87. The van der Waals surface area contributed by atoms with Gasteiger partial charge in [-0.2, -0.15) is 0 Å². The fourth-order valence-corrected chi connectivity index (χ4v) is 1.58. The summed E-state index contributed by atoms with van der Waals surface area (Å²) in [6.45, 7) is 10.0. The van der Waals surface area contributed by atoms with Crippen LogP contribution in [-0.4, -0.2) is 43.8 Å². The maximum Gasteiger partial charge on any atom is 0.0881 e. The Balaban J connectivity index is 4.41. The van der Waals surface area contributed by atoms with Crippen LogP contribution in [0.25, 0.3) is 0 Å². The molecule has 4 nitrogen and oxygen atoms in total. The van der Waals surface area contributed by atoms with E-state index >= 15 is 0 Å². The van der Waals surface area contributed by atoms with Crippen molar-refractivity contribution in [2.45, 2.75) is 70.4 Å². The Morgan fingerprint density at radius 1 is 1.16 bits per heavy atom. The highest BCUT2D eigenvalue weighted by atomic mass is 16.3. The molecular formula is C15H28O4. The van der Waals surface area contributed by atoms with E-state index in [1.165, 1.54) is 20.8 Å². The molecule has 112 valence electrons. The lowest BCUT2D eigenvalue weighted by Gasteiger charge is -2.32. The van der Waals surface area contributed by atoms with Crippen LogP contribution in [0.4, 0.5) is 0 Å². The van der Waals surface area contributed by atoms with E-state index in [0.29, 0.717) is 6.42 Å². The molecular weight excluding hydrogens is 244 g/mol. The summed E-state index contributed by atoms with van der Waals surface area (Å²) in [4.78, 5) is 0. The van der Waals surface area contributed by atoms with Crippen LogP contribution in [0.3, 0.4) is 0 Å². The minimum Gasteiger partial charge on any atom is -0.390 e. The maximum absolute atomic E-state index is 10.2. The summed E-state index contributed by atoms with van der Waals surface area (Å²) in [6.07, 6.45) is 2.38. The van der Waals surface area contributed by atoms with E-state index in [0.717, 1.165) is 5.57 Å². The molecule has 0 unspecified atom stereocenters. The zero-order valence-electron chi connectivity index (χ0n) is 12.4. The predicted octanol–water partition coefficient (Wildman–Crippen LogP) is 1.53. The van der Waals surface area contributed by atoms with E-state index in [2.05, 4.69) is 6.58 Å². The van der Waals surface area contributed by atoms with Crippen molar-refractivity contribution in [2.75, 3.05) is 0 Å². The Kier molecular flexibility index (Phi) is 6.94. The van der Waals surface area contributed by atoms with E-state index in [9.17, 15) is 20.4 Å². The largest absolute Gasteiger partial charge is 0.390 e. The molecule has 0 aromatic rings. The summed E-state index contributed by atoms with van der Waals surface area (Å²) in [5, 5.41) is 39.5. The summed E-state index contributed by atoms with van der Waals surface area (Å²) >= 11 is 0. The molecule has 0 rings (SSSR count). The maximum atomic E-state index is 10.2. The lowest BCUT2D eigenvalue weighted by molar-refractivity contribution is -0.0919. The third-order valence-electron chi connectivity index (χ3n) is 3.44. The van der Waals surface area contributed by atoms with Crippen molar-refractivity contribution in [1.82, 2.24) is 0 Å². The summed E-state index contributed by atoms with van der Waals surface area (Å²) in [6, 6.07) is 0. The van der Waals surface area contributed by atoms with Crippen LogP contribution >= 0.6 is 0 Å². The van der Waals surface area contributed by atoms with Gasteiger partial charge in [0.15, 0.2) is 0 Å². The molecule has 0 heterocycles. The quantitative estimate of drug-likeness (QED) is 0.505. The van der Waals surface area contributed by atoms with Gasteiger partial charge in [0.1, 0.15) is 0 Å². The molecule has 0 aliphatic heterocycles. The van der Waals surface area contributed by atoms with E-state index < -0.39 is 23.4 Å². The Labute approximate surface area is 116 Å². The second-order valence-electron chi connectivity index (χ2n) is 5.97. The van der Waals surface area contributed by atoms with Crippen LogP contribution in [0.15, 0.2) is 24.3 Å². The van der Waals surface area contributed by atoms with Gasteiger partial charge in [-0.3, -0.25) is 0 Å². The zero-order valence-corrected chi connectivity index (χ0v) is 12.4. The zero-order chi connectivity index (χ0) is 15.3. The van der Waals surface area contributed by atoms with Crippen molar-refractivity contribution in [3.8, 4) is 0 Å². The van der Waals surface area contributed by atoms with Crippen molar-refractivity contribution in [2.24, 2.45) is 0 Å². The summed E-state index contributed by atoms with van der Waals surface area (Å²) < 4.78 is 0. The average Bonchev–Trinajstić information content (AvgIpc) is 2.31. The van der Waals surface area contributed by atoms with Gasteiger partial charge in [0, 0.05) is 0 Å². The molecule has 4 N–H and O–H groups in total. The normalized spacial score (nSPS) is 19.7. The molecule has 0 aromatic heterocycles. The topological polar surface area (TPSA) is 80.9 Å². The number of aliphatic hydroxyl groups excluding tert-OH is 2. The van der Waals surface area contributed by atoms with Crippen LogP contribution in [0.5, 0.6) is 0 Å². The first-order valence-corrected chi connectivity index (χ1v) is 6.60. The Hall–Kier alpha value is -0.680. The molecule has 0 aliphatic carbocycles. The van der Waals surface area contributed by atoms with E-state index in [1.807, 2.05) is 6.92 Å². The molecule has 4 heteroatoms. The molecule has 0 bridgehead atoms. The molecule has 19 heavy (non-hydrogen) atoms. The summed E-state index contributed by atoms with van der Waals surface area (Å²) in [7, 11) is 0. The minimum absolute atomic E-state index is 0.209. The lowest BCUT2D eigenvalue weighted by Crippen LogP contribution is -2.42. The summed E-state index contributed by atoms with van der Waals surface area (Å²) in [5.74, 6) is 0. The molecule has 0 radical (unpaired) electrons. The molecule has 3 atom stereocenters. The molecule has 0 fully saturated rings. The minimum atomic E-state index is -1.30. The van der Waals surface area contributed by atoms with Gasteiger partial charge in [0.2, 0.25) is 0 Å². The van der Waals surface area contributed by atoms with Gasteiger partial charge in [-0.15, -0.1) is 0 Å². The van der Waals surface area contributed by atoms with Gasteiger partial charge in [-0.1, -0.05) is 24.3 Å². The number of rotatable bonds is 8.